The van der Waals surface area contributed by atoms with Gasteiger partial charge in [0, 0.05) is 17.5 Å². The number of fused-ring (bicyclic) bond motifs is 1. The Morgan fingerprint density at radius 1 is 0.903 bits per heavy atom. The minimum atomic E-state index is -0.388. The predicted octanol–water partition coefficient (Wildman–Crippen LogP) is 4.91. The first-order valence-electron chi connectivity index (χ1n) is 9.86. The van der Waals surface area contributed by atoms with Gasteiger partial charge < -0.3 is 15.1 Å². The Bertz CT molecular complexity index is 1280. The molecule has 0 atom stereocenters. The van der Waals surface area contributed by atoms with Crippen LogP contribution in [0, 0.1) is 0 Å². The van der Waals surface area contributed by atoms with Crippen molar-refractivity contribution in [3.05, 3.63) is 101 Å². The molecule has 3 aromatic carbocycles. The number of aryl methyl sites for hydroxylation is 1. The van der Waals surface area contributed by atoms with Crippen molar-refractivity contribution in [1.29, 1.82) is 0 Å². The van der Waals surface area contributed by atoms with Crippen LogP contribution in [0.25, 0.3) is 22.1 Å². The van der Waals surface area contributed by atoms with E-state index in [0.29, 0.717) is 29.7 Å². The highest BCUT2D eigenvalue weighted by Crippen LogP contribution is 2.22. The van der Waals surface area contributed by atoms with Gasteiger partial charge in [-0.3, -0.25) is 4.79 Å². The molecule has 0 aliphatic heterocycles. The molecule has 5 nitrogen and oxygen atoms in total. The summed E-state index contributed by atoms with van der Waals surface area (Å²) in [6.07, 6.45) is 1.00. The second kappa shape index (κ2) is 9.36. The minimum Gasteiger partial charge on any atom is -0.422 e. The number of nitrogens with one attached hydrogen (secondary N) is 2. The molecule has 2 N–H and O–H groups in total. The zero-order valence-corrected chi connectivity index (χ0v) is 17.4. The van der Waals surface area contributed by atoms with E-state index in [0.717, 1.165) is 16.5 Å². The van der Waals surface area contributed by atoms with Gasteiger partial charge in [0.1, 0.15) is 5.58 Å². The standard InChI is InChI=1S/C25H20N2O3S/c28-23(15-10-17-6-2-1-3-7-17)27-25(31)26-20-13-11-18(12-14-20)21-16-19-8-4-5-9-22(19)30-24(21)29/h1-9,11-14,16H,10,15H2,(H2,26,27,28,31). The fourth-order valence-electron chi connectivity index (χ4n) is 3.25. The van der Waals surface area contributed by atoms with Gasteiger partial charge in [-0.2, -0.15) is 0 Å². The third-order valence-electron chi connectivity index (χ3n) is 4.83. The lowest BCUT2D eigenvalue weighted by Gasteiger charge is -2.10. The SMILES string of the molecule is O=C(CCc1ccccc1)NC(=S)Nc1ccc(-c2cc3ccccc3oc2=O)cc1. The molecule has 6 heteroatoms. The fourth-order valence-corrected chi connectivity index (χ4v) is 3.48. The van der Waals surface area contributed by atoms with Crippen molar-refractivity contribution < 1.29 is 9.21 Å². The van der Waals surface area contributed by atoms with E-state index in [1.165, 1.54) is 0 Å². The van der Waals surface area contributed by atoms with Gasteiger partial charge in [-0.1, -0.05) is 60.7 Å². The van der Waals surface area contributed by atoms with Gasteiger partial charge in [0.15, 0.2) is 5.11 Å². The highest BCUT2D eigenvalue weighted by Gasteiger charge is 2.09. The molecule has 1 aromatic heterocycles. The molecule has 0 aliphatic rings. The Balaban J connectivity index is 1.37. The van der Waals surface area contributed by atoms with Crippen molar-refractivity contribution in [2.75, 3.05) is 5.32 Å². The largest absolute Gasteiger partial charge is 0.422 e. The smallest absolute Gasteiger partial charge is 0.344 e. The lowest BCUT2D eigenvalue weighted by molar-refractivity contribution is -0.119. The topological polar surface area (TPSA) is 71.3 Å². The maximum atomic E-state index is 12.3. The highest BCUT2D eigenvalue weighted by atomic mass is 32.1. The van der Waals surface area contributed by atoms with Crippen LogP contribution in [0.5, 0.6) is 0 Å². The lowest BCUT2D eigenvalue weighted by atomic mass is 10.1. The number of rotatable bonds is 5. The van der Waals surface area contributed by atoms with Crippen molar-refractivity contribution >= 4 is 39.9 Å². The lowest BCUT2D eigenvalue weighted by Crippen LogP contribution is -2.34. The van der Waals surface area contributed by atoms with Crippen LogP contribution in [0.1, 0.15) is 12.0 Å². The van der Waals surface area contributed by atoms with Crippen LogP contribution in [-0.4, -0.2) is 11.0 Å². The van der Waals surface area contributed by atoms with Crippen molar-refractivity contribution in [2.24, 2.45) is 0 Å². The van der Waals surface area contributed by atoms with Crippen LogP contribution in [0.4, 0.5) is 5.69 Å². The summed E-state index contributed by atoms with van der Waals surface area (Å²) in [6, 6.07) is 26.2. The number of carbonyl (C=O) groups excluding carboxylic acids is 1. The number of thiocarbonyl (C=S) groups is 1. The summed E-state index contributed by atoms with van der Waals surface area (Å²) >= 11 is 5.24. The first-order chi connectivity index (χ1) is 15.1. The van der Waals surface area contributed by atoms with Gasteiger partial charge in [-0.25, -0.2) is 4.79 Å². The first-order valence-corrected chi connectivity index (χ1v) is 10.3. The molecule has 154 valence electrons. The molecule has 0 radical (unpaired) electrons. The maximum absolute atomic E-state index is 12.3. The molecular weight excluding hydrogens is 408 g/mol. The number of hydrogen-bond donors (Lipinski definition) is 2. The van der Waals surface area contributed by atoms with E-state index in [4.69, 9.17) is 16.6 Å². The van der Waals surface area contributed by atoms with Gasteiger partial charge in [-0.15, -0.1) is 0 Å². The molecule has 0 aliphatic carbocycles. The Morgan fingerprint density at radius 3 is 2.39 bits per heavy atom. The number of amides is 1. The zero-order valence-electron chi connectivity index (χ0n) is 16.6. The average Bonchev–Trinajstić information content (AvgIpc) is 2.78. The maximum Gasteiger partial charge on any atom is 0.344 e. The third kappa shape index (κ3) is 5.24. The van der Waals surface area contributed by atoms with E-state index >= 15 is 0 Å². The molecule has 1 heterocycles. The fraction of sp³-hybridized carbons (Fsp3) is 0.0800. The number of para-hydroxylation sites is 1. The summed E-state index contributed by atoms with van der Waals surface area (Å²) in [6.45, 7) is 0. The van der Waals surface area contributed by atoms with Crippen LogP contribution in [0.3, 0.4) is 0 Å². The van der Waals surface area contributed by atoms with E-state index in [9.17, 15) is 9.59 Å². The Labute approximate surface area is 184 Å². The molecule has 0 saturated heterocycles. The van der Waals surface area contributed by atoms with E-state index in [1.54, 1.807) is 18.2 Å². The molecule has 0 unspecified atom stereocenters. The number of hydrogen-bond acceptors (Lipinski definition) is 4. The highest BCUT2D eigenvalue weighted by molar-refractivity contribution is 7.80. The Morgan fingerprint density at radius 2 is 1.61 bits per heavy atom. The second-order valence-electron chi connectivity index (χ2n) is 7.05. The Kier molecular flexibility index (Phi) is 6.19. The van der Waals surface area contributed by atoms with Gasteiger partial charge in [0.05, 0.1) is 5.56 Å². The van der Waals surface area contributed by atoms with Crippen LogP contribution in [0.2, 0.25) is 0 Å². The van der Waals surface area contributed by atoms with Gasteiger partial charge >= 0.3 is 5.63 Å². The summed E-state index contributed by atoms with van der Waals surface area (Å²) in [4.78, 5) is 24.4. The second-order valence-corrected chi connectivity index (χ2v) is 7.46. The summed E-state index contributed by atoms with van der Waals surface area (Å²) in [5.41, 5.74) is 3.21. The number of carbonyl (C=O) groups is 1. The van der Waals surface area contributed by atoms with Crippen molar-refractivity contribution in [2.45, 2.75) is 12.8 Å². The molecule has 4 rings (SSSR count). The summed E-state index contributed by atoms with van der Waals surface area (Å²) < 4.78 is 5.40. The molecule has 31 heavy (non-hydrogen) atoms. The van der Waals surface area contributed by atoms with Crippen LogP contribution < -0.4 is 16.3 Å². The number of anilines is 1. The molecule has 4 aromatic rings. The Hall–Kier alpha value is -3.77. The first kappa shape index (κ1) is 20.5. The van der Waals surface area contributed by atoms with Crippen LogP contribution in [0.15, 0.2) is 94.1 Å². The van der Waals surface area contributed by atoms with Crippen molar-refractivity contribution in [3.8, 4) is 11.1 Å². The number of benzene rings is 3. The van der Waals surface area contributed by atoms with Crippen molar-refractivity contribution in [1.82, 2.24) is 5.32 Å². The molecular formula is C25H20N2O3S. The molecule has 0 fully saturated rings. The van der Waals surface area contributed by atoms with E-state index in [1.807, 2.05) is 66.7 Å². The minimum absolute atomic E-state index is 0.147. The normalized spacial score (nSPS) is 10.6. The van der Waals surface area contributed by atoms with Crippen LogP contribution in [-0.2, 0) is 11.2 Å². The van der Waals surface area contributed by atoms with E-state index in [-0.39, 0.29) is 16.6 Å². The predicted molar refractivity (Wildman–Crippen MR) is 127 cm³/mol. The summed E-state index contributed by atoms with van der Waals surface area (Å²) in [5, 5.41) is 6.77. The average molecular weight is 429 g/mol. The third-order valence-corrected chi connectivity index (χ3v) is 5.04. The monoisotopic (exact) mass is 428 g/mol. The molecule has 1 amide bonds. The summed E-state index contributed by atoms with van der Waals surface area (Å²) in [5.74, 6) is -0.147. The summed E-state index contributed by atoms with van der Waals surface area (Å²) in [7, 11) is 0. The molecule has 0 bridgehead atoms. The zero-order chi connectivity index (χ0) is 21.6. The molecule has 0 saturated carbocycles. The van der Waals surface area contributed by atoms with E-state index in [2.05, 4.69) is 10.6 Å². The van der Waals surface area contributed by atoms with Gasteiger partial charge in [0.2, 0.25) is 5.91 Å². The quantitative estimate of drug-likeness (QED) is 0.349. The molecule has 0 spiro atoms. The van der Waals surface area contributed by atoms with Gasteiger partial charge in [-0.05, 0) is 54.0 Å². The van der Waals surface area contributed by atoms with Gasteiger partial charge in [0.25, 0.3) is 0 Å². The van der Waals surface area contributed by atoms with Crippen molar-refractivity contribution in [3.63, 3.8) is 0 Å². The van der Waals surface area contributed by atoms with E-state index < -0.39 is 0 Å². The van der Waals surface area contributed by atoms with Crippen LogP contribution >= 0.6 is 12.2 Å².